The summed E-state index contributed by atoms with van der Waals surface area (Å²) >= 11 is 5.86. The fourth-order valence-corrected chi connectivity index (χ4v) is 3.81. The molecular formula is C13H20ClNO3S. The molecule has 0 aliphatic rings. The summed E-state index contributed by atoms with van der Waals surface area (Å²) in [4.78, 5) is 0.178. The molecule has 2 N–H and O–H groups in total. The molecular weight excluding hydrogens is 286 g/mol. The van der Waals surface area contributed by atoms with E-state index in [1.165, 1.54) is 6.07 Å². The molecule has 6 heteroatoms. The van der Waals surface area contributed by atoms with E-state index < -0.39 is 15.6 Å². The Morgan fingerprint density at radius 3 is 2.58 bits per heavy atom. The second-order valence-corrected chi connectivity index (χ2v) is 6.99. The molecule has 1 aromatic carbocycles. The average Bonchev–Trinajstić information content (AvgIpc) is 2.31. The number of aliphatic hydroxyl groups is 1. The molecule has 4 nitrogen and oxygen atoms in total. The molecule has 1 atom stereocenters. The Hall–Kier alpha value is -0.620. The third-order valence-electron chi connectivity index (χ3n) is 3.26. The molecule has 0 spiro atoms. The summed E-state index contributed by atoms with van der Waals surface area (Å²) in [7, 11) is -3.65. The van der Waals surface area contributed by atoms with Gasteiger partial charge in [0.05, 0.1) is 4.90 Å². The van der Waals surface area contributed by atoms with Crippen LogP contribution in [0.2, 0.25) is 5.02 Å². The van der Waals surface area contributed by atoms with Gasteiger partial charge >= 0.3 is 0 Å². The van der Waals surface area contributed by atoms with Crippen LogP contribution in [0.4, 0.5) is 0 Å². The fourth-order valence-electron chi connectivity index (χ4n) is 1.79. The Morgan fingerprint density at radius 1 is 1.42 bits per heavy atom. The van der Waals surface area contributed by atoms with Gasteiger partial charge in [0, 0.05) is 17.2 Å². The molecule has 108 valence electrons. The predicted molar refractivity (Wildman–Crippen MR) is 76.9 cm³/mol. The highest BCUT2D eigenvalue weighted by atomic mass is 35.5. The van der Waals surface area contributed by atoms with Crippen LogP contribution in [0.1, 0.15) is 32.3 Å². The minimum atomic E-state index is -3.65. The van der Waals surface area contributed by atoms with E-state index in [1.54, 1.807) is 26.0 Å². The molecule has 0 bridgehead atoms. The third kappa shape index (κ3) is 4.18. The highest BCUT2D eigenvalue weighted by Crippen LogP contribution is 2.23. The van der Waals surface area contributed by atoms with Gasteiger partial charge in [-0.1, -0.05) is 24.6 Å². The first-order chi connectivity index (χ1) is 8.74. The predicted octanol–water partition coefficient (Wildman–Crippen LogP) is 2.48. The SMILES string of the molecule is CCC(C)(CCO)NS(=O)(=O)c1cc(Cl)ccc1C. The Labute approximate surface area is 119 Å². The number of rotatable bonds is 6. The van der Waals surface area contributed by atoms with Crippen LogP contribution in [-0.4, -0.2) is 25.7 Å². The summed E-state index contributed by atoms with van der Waals surface area (Å²) in [5.74, 6) is 0. The van der Waals surface area contributed by atoms with E-state index in [0.29, 0.717) is 23.4 Å². The van der Waals surface area contributed by atoms with E-state index in [1.807, 2.05) is 6.92 Å². The maximum Gasteiger partial charge on any atom is 0.241 e. The lowest BCUT2D eigenvalue weighted by Crippen LogP contribution is -2.46. The van der Waals surface area contributed by atoms with E-state index in [-0.39, 0.29) is 11.5 Å². The third-order valence-corrected chi connectivity index (χ3v) is 5.28. The lowest BCUT2D eigenvalue weighted by Gasteiger charge is -2.28. The maximum atomic E-state index is 12.4. The lowest BCUT2D eigenvalue weighted by molar-refractivity contribution is 0.233. The quantitative estimate of drug-likeness (QED) is 0.848. The molecule has 19 heavy (non-hydrogen) atoms. The zero-order chi connectivity index (χ0) is 14.7. The molecule has 0 aliphatic carbocycles. The molecule has 0 saturated carbocycles. The number of halogens is 1. The van der Waals surface area contributed by atoms with Crippen LogP contribution in [-0.2, 0) is 10.0 Å². The zero-order valence-corrected chi connectivity index (χ0v) is 13.0. The van der Waals surface area contributed by atoms with Crippen molar-refractivity contribution in [2.75, 3.05) is 6.61 Å². The summed E-state index contributed by atoms with van der Waals surface area (Å²) in [5.41, 5.74) is -0.0261. The number of benzene rings is 1. The molecule has 0 saturated heterocycles. The van der Waals surface area contributed by atoms with Crippen LogP contribution >= 0.6 is 11.6 Å². The highest BCUT2D eigenvalue weighted by molar-refractivity contribution is 7.89. The molecule has 1 unspecified atom stereocenters. The summed E-state index contributed by atoms with van der Waals surface area (Å²) in [6.07, 6.45) is 0.953. The first-order valence-electron chi connectivity index (χ1n) is 6.15. The number of hydrogen-bond acceptors (Lipinski definition) is 3. The smallest absolute Gasteiger partial charge is 0.241 e. The topological polar surface area (TPSA) is 66.4 Å². The van der Waals surface area contributed by atoms with Crippen molar-refractivity contribution in [2.45, 2.75) is 44.0 Å². The molecule has 0 fully saturated rings. The first kappa shape index (κ1) is 16.4. The average molecular weight is 306 g/mol. The van der Waals surface area contributed by atoms with E-state index >= 15 is 0 Å². The molecule has 0 radical (unpaired) electrons. The Morgan fingerprint density at radius 2 is 2.05 bits per heavy atom. The second-order valence-electron chi connectivity index (χ2n) is 4.90. The molecule has 1 rings (SSSR count). The van der Waals surface area contributed by atoms with E-state index in [2.05, 4.69) is 4.72 Å². The van der Waals surface area contributed by atoms with E-state index in [9.17, 15) is 8.42 Å². The van der Waals surface area contributed by atoms with Gasteiger partial charge in [0.25, 0.3) is 0 Å². The van der Waals surface area contributed by atoms with Gasteiger partial charge in [0.2, 0.25) is 10.0 Å². The zero-order valence-electron chi connectivity index (χ0n) is 11.4. The number of nitrogens with one attached hydrogen (secondary N) is 1. The minimum absolute atomic E-state index is 0.0681. The fraction of sp³-hybridized carbons (Fsp3) is 0.538. The van der Waals surface area contributed by atoms with Crippen molar-refractivity contribution in [3.63, 3.8) is 0 Å². The largest absolute Gasteiger partial charge is 0.396 e. The summed E-state index contributed by atoms with van der Waals surface area (Å²) in [5, 5.41) is 9.42. The van der Waals surface area contributed by atoms with Gasteiger partial charge in [-0.05, 0) is 44.4 Å². The van der Waals surface area contributed by atoms with Crippen molar-refractivity contribution in [1.82, 2.24) is 4.72 Å². The number of sulfonamides is 1. The maximum absolute atomic E-state index is 12.4. The number of aliphatic hydroxyl groups excluding tert-OH is 1. The standard InChI is InChI=1S/C13H20ClNO3S/c1-4-13(3,7-8-16)15-19(17,18)12-9-11(14)6-5-10(12)2/h5-6,9,15-16H,4,7-8H2,1-3H3. The minimum Gasteiger partial charge on any atom is -0.396 e. The second kappa shape index (κ2) is 6.22. The van der Waals surface area contributed by atoms with Crippen LogP contribution in [0.25, 0.3) is 0 Å². The molecule has 1 aromatic rings. The number of aryl methyl sites for hydroxylation is 1. The van der Waals surface area contributed by atoms with Gasteiger partial charge in [0.1, 0.15) is 0 Å². The van der Waals surface area contributed by atoms with E-state index in [4.69, 9.17) is 16.7 Å². The molecule has 0 amide bonds. The van der Waals surface area contributed by atoms with Gasteiger partial charge in [0.15, 0.2) is 0 Å². The van der Waals surface area contributed by atoms with Gasteiger partial charge in [-0.2, -0.15) is 0 Å². The summed E-state index contributed by atoms with van der Waals surface area (Å²) in [6.45, 7) is 5.31. The van der Waals surface area contributed by atoms with Gasteiger partial charge in [-0.25, -0.2) is 13.1 Å². The van der Waals surface area contributed by atoms with Crippen molar-refractivity contribution in [3.05, 3.63) is 28.8 Å². The Bertz CT molecular complexity index is 545. The Kier molecular flexibility index (Phi) is 5.38. The van der Waals surface area contributed by atoms with Gasteiger partial charge in [-0.15, -0.1) is 0 Å². The Balaban J connectivity index is 3.14. The van der Waals surface area contributed by atoms with Gasteiger partial charge in [-0.3, -0.25) is 0 Å². The first-order valence-corrected chi connectivity index (χ1v) is 8.01. The monoisotopic (exact) mass is 305 g/mol. The lowest BCUT2D eigenvalue weighted by atomic mass is 9.97. The molecule has 0 heterocycles. The molecule has 0 aliphatic heterocycles. The van der Waals surface area contributed by atoms with E-state index in [0.717, 1.165) is 0 Å². The van der Waals surface area contributed by atoms with Crippen molar-refractivity contribution in [2.24, 2.45) is 0 Å². The van der Waals surface area contributed by atoms with Crippen molar-refractivity contribution >= 4 is 21.6 Å². The van der Waals surface area contributed by atoms with Crippen LogP contribution in [0.5, 0.6) is 0 Å². The number of hydrogen-bond donors (Lipinski definition) is 2. The highest BCUT2D eigenvalue weighted by Gasteiger charge is 2.29. The normalized spacial score (nSPS) is 15.2. The van der Waals surface area contributed by atoms with Crippen LogP contribution in [0.3, 0.4) is 0 Å². The van der Waals surface area contributed by atoms with Gasteiger partial charge < -0.3 is 5.11 Å². The van der Waals surface area contributed by atoms with Crippen LogP contribution < -0.4 is 4.72 Å². The summed E-state index contributed by atoms with van der Waals surface area (Å²) in [6, 6.07) is 4.77. The van der Waals surface area contributed by atoms with Crippen molar-refractivity contribution in [3.8, 4) is 0 Å². The van der Waals surface area contributed by atoms with Crippen LogP contribution in [0, 0.1) is 6.92 Å². The molecule has 0 aromatic heterocycles. The van der Waals surface area contributed by atoms with Crippen molar-refractivity contribution in [1.29, 1.82) is 0 Å². The van der Waals surface area contributed by atoms with Crippen molar-refractivity contribution < 1.29 is 13.5 Å². The summed E-state index contributed by atoms with van der Waals surface area (Å²) < 4.78 is 27.5. The van der Waals surface area contributed by atoms with Crippen LogP contribution in [0.15, 0.2) is 23.1 Å².